The Bertz CT molecular complexity index is 1500. The predicted octanol–water partition coefficient (Wildman–Crippen LogP) is 3.46. The van der Waals surface area contributed by atoms with Gasteiger partial charge in [0.05, 0.1) is 28.6 Å². The summed E-state index contributed by atoms with van der Waals surface area (Å²) in [6.45, 7) is -0.132. The number of amides is 2. The molecular weight excluding hydrogens is 506 g/mol. The molecule has 182 valence electrons. The molecule has 2 aliphatic heterocycles. The van der Waals surface area contributed by atoms with Gasteiger partial charge >= 0.3 is 0 Å². The molecular formula is C25H18ClN3O6S. The van der Waals surface area contributed by atoms with Gasteiger partial charge in [-0.1, -0.05) is 17.7 Å². The van der Waals surface area contributed by atoms with Crippen LogP contribution in [0.4, 0.5) is 5.69 Å². The van der Waals surface area contributed by atoms with Crippen LogP contribution in [0.25, 0.3) is 0 Å². The third-order valence-corrected chi connectivity index (χ3v) is 8.04. The number of nitrogens with zero attached hydrogens (tertiary/aromatic N) is 3. The predicted molar refractivity (Wildman–Crippen MR) is 129 cm³/mol. The van der Waals surface area contributed by atoms with Crippen molar-refractivity contribution in [2.24, 2.45) is 0 Å². The van der Waals surface area contributed by atoms with E-state index in [-0.39, 0.29) is 30.3 Å². The lowest BCUT2D eigenvalue weighted by atomic mass is 10.1. The van der Waals surface area contributed by atoms with Crippen molar-refractivity contribution in [1.82, 2.24) is 4.31 Å². The minimum Gasteiger partial charge on any atom is -0.454 e. The Kier molecular flexibility index (Phi) is 6.14. The summed E-state index contributed by atoms with van der Waals surface area (Å²) < 4.78 is 39.3. The van der Waals surface area contributed by atoms with Crippen molar-refractivity contribution in [2.45, 2.75) is 23.9 Å². The van der Waals surface area contributed by atoms with Gasteiger partial charge in [0.15, 0.2) is 11.5 Å². The van der Waals surface area contributed by atoms with Crippen molar-refractivity contribution in [2.75, 3.05) is 11.7 Å². The molecule has 2 aliphatic rings. The highest BCUT2D eigenvalue weighted by Crippen LogP contribution is 2.35. The van der Waals surface area contributed by atoms with Crippen molar-refractivity contribution in [3.05, 3.63) is 82.9 Å². The first kappa shape index (κ1) is 23.8. The maximum absolute atomic E-state index is 13.8. The first-order valence-corrected chi connectivity index (χ1v) is 12.6. The van der Waals surface area contributed by atoms with Crippen molar-refractivity contribution in [1.29, 1.82) is 5.26 Å². The van der Waals surface area contributed by atoms with Crippen LogP contribution in [-0.4, -0.2) is 37.4 Å². The van der Waals surface area contributed by atoms with Gasteiger partial charge in [0.25, 0.3) is 5.91 Å². The third kappa shape index (κ3) is 4.28. The molecule has 0 aliphatic carbocycles. The summed E-state index contributed by atoms with van der Waals surface area (Å²) in [6, 6.07) is 17.2. The number of fused-ring (bicyclic) bond motifs is 1. The molecule has 11 heteroatoms. The molecule has 0 N–H and O–H groups in total. The zero-order valence-electron chi connectivity index (χ0n) is 18.6. The molecule has 5 rings (SSSR count). The third-order valence-electron chi connectivity index (χ3n) is 5.92. The molecule has 3 aromatic rings. The van der Waals surface area contributed by atoms with Gasteiger partial charge in [-0.3, -0.25) is 9.59 Å². The Morgan fingerprint density at radius 3 is 2.39 bits per heavy atom. The average Bonchev–Trinajstić information content (AvgIpc) is 3.46. The molecule has 3 aromatic carbocycles. The average molecular weight is 524 g/mol. The van der Waals surface area contributed by atoms with Crippen molar-refractivity contribution in [3.8, 4) is 17.6 Å². The quantitative estimate of drug-likeness (QED) is 0.454. The summed E-state index contributed by atoms with van der Waals surface area (Å²) in [5.41, 5.74) is 1.18. The van der Waals surface area contributed by atoms with E-state index in [0.29, 0.717) is 27.6 Å². The number of benzene rings is 3. The summed E-state index contributed by atoms with van der Waals surface area (Å²) in [4.78, 5) is 27.3. The second-order valence-electron chi connectivity index (χ2n) is 8.14. The number of imide groups is 1. The van der Waals surface area contributed by atoms with E-state index in [1.54, 1.807) is 18.2 Å². The molecule has 0 saturated carbocycles. The molecule has 36 heavy (non-hydrogen) atoms. The molecule has 1 unspecified atom stereocenters. The number of halogens is 1. The number of carbonyl (C=O) groups excluding carboxylic acids is 2. The maximum atomic E-state index is 13.8. The zero-order chi connectivity index (χ0) is 25.4. The van der Waals surface area contributed by atoms with E-state index >= 15 is 0 Å². The fourth-order valence-corrected chi connectivity index (χ4v) is 5.82. The lowest BCUT2D eigenvalue weighted by Crippen LogP contribution is -2.45. The number of ether oxygens (including phenoxy) is 2. The first-order valence-electron chi connectivity index (χ1n) is 10.8. The second kappa shape index (κ2) is 9.28. The van der Waals surface area contributed by atoms with Gasteiger partial charge in [-0.25, -0.2) is 13.3 Å². The maximum Gasteiger partial charge on any atom is 0.252 e. The van der Waals surface area contributed by atoms with Crippen LogP contribution in [0.1, 0.15) is 17.5 Å². The van der Waals surface area contributed by atoms with E-state index in [1.165, 1.54) is 48.5 Å². The largest absolute Gasteiger partial charge is 0.454 e. The molecule has 1 fully saturated rings. The van der Waals surface area contributed by atoms with Gasteiger partial charge < -0.3 is 9.47 Å². The van der Waals surface area contributed by atoms with Gasteiger partial charge in [0.2, 0.25) is 22.7 Å². The van der Waals surface area contributed by atoms with E-state index in [2.05, 4.69) is 0 Å². The smallest absolute Gasteiger partial charge is 0.252 e. The topological polar surface area (TPSA) is 117 Å². The lowest BCUT2D eigenvalue weighted by Gasteiger charge is -2.27. The van der Waals surface area contributed by atoms with Gasteiger partial charge in [-0.2, -0.15) is 9.57 Å². The Morgan fingerprint density at radius 1 is 1.00 bits per heavy atom. The van der Waals surface area contributed by atoms with Crippen LogP contribution in [0.5, 0.6) is 11.5 Å². The van der Waals surface area contributed by atoms with E-state index < -0.39 is 27.9 Å². The van der Waals surface area contributed by atoms with Crippen LogP contribution in [-0.2, 0) is 26.2 Å². The highest BCUT2D eigenvalue weighted by Gasteiger charge is 2.47. The molecule has 1 saturated heterocycles. The van der Waals surface area contributed by atoms with Crippen LogP contribution < -0.4 is 14.4 Å². The highest BCUT2D eigenvalue weighted by atomic mass is 35.5. The first-order chi connectivity index (χ1) is 17.3. The second-order valence-corrected chi connectivity index (χ2v) is 10.5. The lowest BCUT2D eigenvalue weighted by molar-refractivity contribution is -0.122. The standard InChI is InChI=1S/C25H18ClN3O6S/c26-18-4-8-20(9-5-18)36(32,33)28(14-17-3-10-22-23(11-17)35-15-34-22)21-12-24(30)29(25(21)31)19-6-1-16(13-27)2-7-19/h1-11,21H,12,14-15H2. The van der Waals surface area contributed by atoms with Crippen LogP contribution in [0.15, 0.2) is 71.6 Å². The molecule has 1 atom stereocenters. The van der Waals surface area contributed by atoms with Gasteiger partial charge in [-0.05, 0) is 66.2 Å². The van der Waals surface area contributed by atoms with Crippen LogP contribution in [0.2, 0.25) is 5.02 Å². The molecule has 0 spiro atoms. The number of hydrogen-bond acceptors (Lipinski definition) is 7. The summed E-state index contributed by atoms with van der Waals surface area (Å²) in [5.74, 6) is -0.228. The van der Waals surface area contributed by atoms with E-state index in [1.807, 2.05) is 6.07 Å². The van der Waals surface area contributed by atoms with Gasteiger partial charge in [0.1, 0.15) is 6.04 Å². The van der Waals surface area contributed by atoms with Gasteiger partial charge in [0, 0.05) is 11.6 Å². The van der Waals surface area contributed by atoms with Crippen LogP contribution in [0.3, 0.4) is 0 Å². The number of rotatable bonds is 6. The van der Waals surface area contributed by atoms with Crippen molar-refractivity contribution in [3.63, 3.8) is 0 Å². The molecule has 2 heterocycles. The zero-order valence-corrected chi connectivity index (χ0v) is 20.2. The van der Waals surface area contributed by atoms with Crippen molar-refractivity contribution >= 4 is 39.1 Å². The Balaban J connectivity index is 1.53. The van der Waals surface area contributed by atoms with E-state index in [4.69, 9.17) is 26.3 Å². The molecule has 9 nitrogen and oxygen atoms in total. The normalized spacial score (nSPS) is 17.0. The van der Waals surface area contributed by atoms with Gasteiger partial charge in [-0.15, -0.1) is 0 Å². The fraction of sp³-hybridized carbons (Fsp3) is 0.160. The Morgan fingerprint density at radius 2 is 1.69 bits per heavy atom. The molecule has 2 amide bonds. The van der Waals surface area contributed by atoms with Crippen LogP contribution >= 0.6 is 11.6 Å². The molecule has 0 aromatic heterocycles. The molecule has 0 radical (unpaired) electrons. The number of carbonyl (C=O) groups is 2. The summed E-state index contributed by atoms with van der Waals surface area (Å²) in [5, 5.41) is 9.39. The number of nitriles is 1. The Labute approximate surface area is 212 Å². The summed E-state index contributed by atoms with van der Waals surface area (Å²) in [7, 11) is -4.23. The minimum absolute atomic E-state index is 0.0563. The number of hydrogen-bond donors (Lipinski definition) is 0. The summed E-state index contributed by atoms with van der Waals surface area (Å²) >= 11 is 5.94. The van der Waals surface area contributed by atoms with Crippen molar-refractivity contribution < 1.29 is 27.5 Å². The van der Waals surface area contributed by atoms with Crippen LogP contribution in [0, 0.1) is 11.3 Å². The highest BCUT2D eigenvalue weighted by molar-refractivity contribution is 7.89. The van der Waals surface area contributed by atoms with E-state index in [9.17, 15) is 18.0 Å². The van der Waals surface area contributed by atoms with E-state index in [0.717, 1.165) is 9.21 Å². The monoisotopic (exact) mass is 523 g/mol. The fourth-order valence-electron chi connectivity index (χ4n) is 4.12. The minimum atomic E-state index is -4.23. The number of sulfonamides is 1. The molecule has 0 bridgehead atoms. The summed E-state index contributed by atoms with van der Waals surface area (Å²) in [6.07, 6.45) is -0.337. The Hall–Kier alpha value is -3.91. The number of anilines is 1. The SMILES string of the molecule is N#Cc1ccc(N2C(=O)CC(N(Cc3ccc4c(c3)OCO4)S(=O)(=O)c3ccc(Cl)cc3)C2=O)cc1.